The van der Waals surface area contributed by atoms with Crippen molar-refractivity contribution in [2.45, 2.75) is 32.9 Å². The molecule has 5 nitrogen and oxygen atoms in total. The highest BCUT2D eigenvalue weighted by Gasteiger charge is 2.31. The van der Waals surface area contributed by atoms with Crippen molar-refractivity contribution in [3.63, 3.8) is 0 Å². The van der Waals surface area contributed by atoms with Crippen molar-refractivity contribution in [2.75, 3.05) is 27.3 Å². The van der Waals surface area contributed by atoms with Crippen LogP contribution in [0.5, 0.6) is 11.5 Å². The molecule has 1 fully saturated rings. The van der Waals surface area contributed by atoms with Gasteiger partial charge in [0.25, 0.3) is 5.91 Å². The maximum atomic E-state index is 11.7. The van der Waals surface area contributed by atoms with Gasteiger partial charge in [0.2, 0.25) is 0 Å². The Kier molecular flexibility index (Phi) is 6.30. The van der Waals surface area contributed by atoms with Crippen LogP contribution in [0.2, 0.25) is 0 Å². The lowest BCUT2D eigenvalue weighted by Crippen LogP contribution is -2.27. The summed E-state index contributed by atoms with van der Waals surface area (Å²) in [6.07, 6.45) is 1.24. The normalized spacial score (nSPS) is 19.3. The number of carbonyl (C=O) groups is 1. The van der Waals surface area contributed by atoms with E-state index in [9.17, 15) is 4.79 Å². The van der Waals surface area contributed by atoms with Gasteiger partial charge in [0.15, 0.2) is 18.1 Å². The van der Waals surface area contributed by atoms with Crippen LogP contribution in [0, 0.1) is 5.92 Å². The van der Waals surface area contributed by atoms with Crippen LogP contribution in [0.4, 0.5) is 0 Å². The van der Waals surface area contributed by atoms with Crippen LogP contribution < -0.4 is 14.8 Å². The van der Waals surface area contributed by atoms with Crippen molar-refractivity contribution in [3.8, 4) is 11.5 Å². The summed E-state index contributed by atoms with van der Waals surface area (Å²) in [6, 6.07) is 4.61. The Morgan fingerprint density at radius 2 is 2.09 bits per heavy atom. The molecule has 1 aromatic carbocycles. The minimum absolute atomic E-state index is 0.0111. The Labute approximate surface area is 146 Å². The number of hydrogen-bond acceptors (Lipinski definition) is 4. The van der Waals surface area contributed by atoms with E-state index in [0.29, 0.717) is 24.1 Å². The Morgan fingerprint density at radius 1 is 1.39 bits per heavy atom. The number of benzene rings is 1. The Balaban J connectivity index is 2.08. The number of nitrogens with zero attached hydrogens (tertiary/aromatic N) is 1. The summed E-state index contributed by atoms with van der Waals surface area (Å²) in [5.74, 6) is 1.91. The van der Waals surface area contributed by atoms with Crippen LogP contribution >= 0.6 is 15.9 Å². The van der Waals surface area contributed by atoms with Crippen LogP contribution in [-0.2, 0) is 11.3 Å². The number of likely N-dealkylation sites (N-methyl/N-ethyl adjacent to an activating group) is 1. The van der Waals surface area contributed by atoms with Crippen LogP contribution in [0.25, 0.3) is 0 Å². The molecule has 2 rings (SSSR count). The van der Waals surface area contributed by atoms with Gasteiger partial charge in [-0.15, -0.1) is 0 Å². The van der Waals surface area contributed by atoms with E-state index in [2.05, 4.69) is 28.2 Å². The summed E-state index contributed by atoms with van der Waals surface area (Å²) in [6.45, 7) is 5.51. The molecule has 2 atom stereocenters. The maximum Gasteiger partial charge on any atom is 0.259 e. The van der Waals surface area contributed by atoms with Gasteiger partial charge in [-0.25, -0.2) is 0 Å². The number of amides is 1. The van der Waals surface area contributed by atoms with E-state index in [1.54, 1.807) is 14.1 Å². The lowest BCUT2D eigenvalue weighted by Gasteiger charge is -2.17. The second-order valence-electron chi connectivity index (χ2n) is 6.12. The SMILES string of the molecule is CCOc1cc(CN[C@@H]2C[C@@H]2C)cc(Br)c1OCC(=O)N(C)C. The van der Waals surface area contributed by atoms with Crippen LogP contribution in [0.3, 0.4) is 0 Å². The average molecular weight is 385 g/mol. The van der Waals surface area contributed by atoms with Gasteiger partial charge in [0.05, 0.1) is 11.1 Å². The monoisotopic (exact) mass is 384 g/mol. The van der Waals surface area contributed by atoms with Gasteiger partial charge < -0.3 is 19.7 Å². The predicted octanol–water partition coefficient (Wildman–Crippen LogP) is 2.81. The third-order valence-corrected chi connectivity index (χ3v) is 4.47. The molecule has 0 aliphatic heterocycles. The topological polar surface area (TPSA) is 50.8 Å². The minimum atomic E-state index is -0.0900. The molecule has 0 aromatic heterocycles. The second-order valence-corrected chi connectivity index (χ2v) is 6.97. The molecular weight excluding hydrogens is 360 g/mol. The number of halogens is 1. The molecule has 1 aromatic rings. The van der Waals surface area contributed by atoms with E-state index in [1.807, 2.05) is 19.1 Å². The van der Waals surface area contributed by atoms with Gasteiger partial charge in [-0.2, -0.15) is 0 Å². The van der Waals surface area contributed by atoms with Crippen molar-refractivity contribution in [2.24, 2.45) is 5.92 Å². The number of ether oxygens (including phenoxy) is 2. The molecule has 1 aliphatic rings. The lowest BCUT2D eigenvalue weighted by atomic mass is 10.2. The highest BCUT2D eigenvalue weighted by atomic mass is 79.9. The summed E-state index contributed by atoms with van der Waals surface area (Å²) >= 11 is 3.53. The number of carbonyl (C=O) groups excluding carboxylic acids is 1. The summed E-state index contributed by atoms with van der Waals surface area (Å²) in [5, 5.41) is 3.53. The van der Waals surface area contributed by atoms with E-state index >= 15 is 0 Å². The van der Waals surface area contributed by atoms with E-state index in [4.69, 9.17) is 9.47 Å². The van der Waals surface area contributed by atoms with Gasteiger partial charge in [0.1, 0.15) is 0 Å². The molecule has 0 unspecified atom stereocenters. The summed E-state index contributed by atoms with van der Waals surface area (Å²) in [4.78, 5) is 13.2. The fraction of sp³-hybridized carbons (Fsp3) is 0.588. The molecule has 1 aliphatic carbocycles. The lowest BCUT2D eigenvalue weighted by molar-refractivity contribution is -0.130. The molecule has 0 spiro atoms. The van der Waals surface area contributed by atoms with Crippen molar-refractivity contribution >= 4 is 21.8 Å². The van der Waals surface area contributed by atoms with E-state index in [1.165, 1.54) is 11.3 Å². The molecule has 1 N–H and O–H groups in total. The fourth-order valence-electron chi connectivity index (χ4n) is 2.24. The van der Waals surface area contributed by atoms with Crippen LogP contribution in [0.1, 0.15) is 25.8 Å². The van der Waals surface area contributed by atoms with Crippen molar-refractivity contribution in [1.29, 1.82) is 0 Å². The third-order valence-electron chi connectivity index (χ3n) is 3.89. The molecule has 128 valence electrons. The predicted molar refractivity (Wildman–Crippen MR) is 93.9 cm³/mol. The summed E-state index contributed by atoms with van der Waals surface area (Å²) in [7, 11) is 3.41. The molecule has 23 heavy (non-hydrogen) atoms. The maximum absolute atomic E-state index is 11.7. The largest absolute Gasteiger partial charge is 0.490 e. The Bertz CT molecular complexity index is 563. The van der Waals surface area contributed by atoms with Gasteiger partial charge in [-0.05, 0) is 52.9 Å². The van der Waals surface area contributed by atoms with Crippen molar-refractivity contribution in [1.82, 2.24) is 10.2 Å². The van der Waals surface area contributed by atoms with Crippen molar-refractivity contribution in [3.05, 3.63) is 22.2 Å². The quantitative estimate of drug-likeness (QED) is 0.748. The van der Waals surface area contributed by atoms with Crippen LogP contribution in [-0.4, -0.2) is 44.2 Å². The summed E-state index contributed by atoms with van der Waals surface area (Å²) < 4.78 is 12.2. The first-order valence-corrected chi connectivity index (χ1v) is 8.73. The first-order valence-electron chi connectivity index (χ1n) is 7.94. The molecular formula is C17H25BrN2O3. The van der Waals surface area contributed by atoms with Gasteiger partial charge >= 0.3 is 0 Å². The molecule has 0 saturated heterocycles. The standard InChI is InChI=1S/C17H25BrN2O3/c1-5-22-15-8-12(9-19-14-6-11(14)2)7-13(18)17(15)23-10-16(21)20(3)4/h7-8,11,14,19H,5-6,9-10H2,1-4H3/t11-,14+/m0/s1. The molecule has 0 radical (unpaired) electrons. The number of nitrogens with one attached hydrogen (secondary N) is 1. The van der Waals surface area contributed by atoms with Crippen molar-refractivity contribution < 1.29 is 14.3 Å². The van der Waals surface area contributed by atoms with E-state index in [-0.39, 0.29) is 12.5 Å². The first-order chi connectivity index (χ1) is 10.9. The smallest absolute Gasteiger partial charge is 0.259 e. The van der Waals surface area contributed by atoms with E-state index < -0.39 is 0 Å². The Hall–Kier alpha value is -1.27. The zero-order valence-corrected chi connectivity index (χ0v) is 15.8. The minimum Gasteiger partial charge on any atom is -0.490 e. The molecule has 0 heterocycles. The van der Waals surface area contributed by atoms with Gasteiger partial charge in [0, 0.05) is 26.7 Å². The molecule has 1 saturated carbocycles. The summed E-state index contributed by atoms with van der Waals surface area (Å²) in [5.41, 5.74) is 1.13. The molecule has 1 amide bonds. The average Bonchev–Trinajstić information content (AvgIpc) is 3.20. The molecule has 0 bridgehead atoms. The van der Waals surface area contributed by atoms with Gasteiger partial charge in [-0.3, -0.25) is 4.79 Å². The first kappa shape index (κ1) is 18.1. The number of rotatable bonds is 8. The number of hydrogen-bond donors (Lipinski definition) is 1. The van der Waals surface area contributed by atoms with Crippen LogP contribution in [0.15, 0.2) is 16.6 Å². The molecule has 6 heteroatoms. The zero-order valence-electron chi connectivity index (χ0n) is 14.2. The fourth-order valence-corrected chi connectivity index (χ4v) is 2.85. The highest BCUT2D eigenvalue weighted by Crippen LogP contribution is 2.37. The third kappa shape index (κ3) is 5.11. The van der Waals surface area contributed by atoms with Gasteiger partial charge in [-0.1, -0.05) is 6.92 Å². The Morgan fingerprint density at radius 3 is 2.65 bits per heavy atom. The van der Waals surface area contributed by atoms with E-state index in [0.717, 1.165) is 22.5 Å². The zero-order chi connectivity index (χ0) is 17.0. The highest BCUT2D eigenvalue weighted by molar-refractivity contribution is 9.10. The second kappa shape index (κ2) is 8.02.